The van der Waals surface area contributed by atoms with Crippen LogP contribution in [0, 0.1) is 0 Å². The number of hydrogen-bond donors (Lipinski definition) is 1. The lowest BCUT2D eigenvalue weighted by Crippen LogP contribution is -2.12. The summed E-state index contributed by atoms with van der Waals surface area (Å²) in [6.45, 7) is 0.382. The second-order valence-electron chi connectivity index (χ2n) is 3.70. The van der Waals surface area contributed by atoms with E-state index in [0.717, 1.165) is 5.56 Å². The lowest BCUT2D eigenvalue weighted by molar-refractivity contribution is -0.112. The fourth-order valence-electron chi connectivity index (χ4n) is 1.72. The molecule has 0 spiro atoms. The number of benzene rings is 1. The average Bonchev–Trinajstić information content (AvgIpc) is 2.66. The Hall–Kier alpha value is -2.59. The van der Waals surface area contributed by atoms with Gasteiger partial charge in [-0.3, -0.25) is 9.59 Å². The third kappa shape index (κ3) is 2.23. The van der Waals surface area contributed by atoms with Gasteiger partial charge in [0.1, 0.15) is 0 Å². The van der Waals surface area contributed by atoms with E-state index in [9.17, 15) is 9.59 Å². The number of rotatable bonds is 4. The van der Waals surface area contributed by atoms with Gasteiger partial charge < -0.3 is 5.32 Å². The number of hydrogen-bond acceptors (Lipinski definition) is 3. The van der Waals surface area contributed by atoms with Crippen molar-refractivity contribution in [3.05, 3.63) is 45.8 Å². The number of Topliss-reactive ketones (excluding diaryl/α,β-unsaturated/α-hetero) is 1. The van der Waals surface area contributed by atoms with Crippen LogP contribution >= 0.6 is 0 Å². The van der Waals surface area contributed by atoms with E-state index in [0.29, 0.717) is 24.2 Å². The minimum atomic E-state index is -0.597. The van der Waals surface area contributed by atoms with Crippen LogP contribution in [-0.4, -0.2) is 18.2 Å². The van der Waals surface area contributed by atoms with Gasteiger partial charge in [-0.05, 0) is 23.6 Å². The average molecular weight is 242 g/mol. The monoisotopic (exact) mass is 242 g/mol. The summed E-state index contributed by atoms with van der Waals surface area (Å²) in [6.07, 6.45) is 4.24. The molecule has 1 aliphatic rings. The molecule has 90 valence electrons. The number of anilines is 1. The predicted molar refractivity (Wildman–Crippen MR) is 67.1 cm³/mol. The van der Waals surface area contributed by atoms with Crippen molar-refractivity contribution in [2.75, 3.05) is 11.9 Å². The van der Waals surface area contributed by atoms with Crippen molar-refractivity contribution in [3.8, 4) is 0 Å². The van der Waals surface area contributed by atoms with Crippen LogP contribution in [0.15, 0.2) is 29.4 Å². The molecule has 0 unspecified atom stereocenters. The third-order valence-corrected chi connectivity index (χ3v) is 2.54. The molecule has 2 rings (SSSR count). The summed E-state index contributed by atoms with van der Waals surface area (Å²) in [4.78, 5) is 25.4. The van der Waals surface area contributed by atoms with E-state index in [2.05, 4.69) is 15.3 Å². The van der Waals surface area contributed by atoms with Crippen molar-refractivity contribution in [2.24, 2.45) is 5.11 Å². The van der Waals surface area contributed by atoms with Crippen LogP contribution in [0.1, 0.15) is 22.3 Å². The predicted octanol–water partition coefficient (Wildman–Crippen LogP) is 2.53. The topological polar surface area (TPSA) is 94.9 Å². The van der Waals surface area contributed by atoms with Gasteiger partial charge in [0.05, 0.1) is 11.3 Å². The number of carbonyl (C=O) groups is 2. The highest BCUT2D eigenvalue weighted by atomic mass is 16.2. The largest absolute Gasteiger partial charge is 0.318 e. The Labute approximate surface area is 103 Å². The fourth-order valence-corrected chi connectivity index (χ4v) is 1.72. The molecular formula is C12H10N4O2. The molecule has 1 heterocycles. The van der Waals surface area contributed by atoms with Crippen LogP contribution in [0.5, 0.6) is 0 Å². The van der Waals surface area contributed by atoms with Gasteiger partial charge in [-0.2, -0.15) is 0 Å². The Kier molecular flexibility index (Phi) is 3.41. The zero-order valence-corrected chi connectivity index (χ0v) is 9.46. The summed E-state index contributed by atoms with van der Waals surface area (Å²) >= 11 is 0. The minimum Gasteiger partial charge on any atom is -0.318 e. The van der Waals surface area contributed by atoms with E-state index in [1.54, 1.807) is 18.2 Å². The summed E-state index contributed by atoms with van der Waals surface area (Å²) in [7, 11) is 0. The second-order valence-corrected chi connectivity index (χ2v) is 3.70. The molecule has 1 aromatic carbocycles. The molecule has 1 aliphatic heterocycles. The molecule has 18 heavy (non-hydrogen) atoms. The first kappa shape index (κ1) is 11.9. The number of amides is 1. The van der Waals surface area contributed by atoms with Gasteiger partial charge in [-0.25, -0.2) is 0 Å². The van der Waals surface area contributed by atoms with Crippen molar-refractivity contribution in [1.82, 2.24) is 0 Å². The number of nitrogens with one attached hydrogen (secondary N) is 1. The van der Waals surface area contributed by atoms with Crippen LogP contribution < -0.4 is 5.32 Å². The molecule has 6 heteroatoms. The van der Waals surface area contributed by atoms with Gasteiger partial charge in [0.2, 0.25) is 0 Å². The van der Waals surface area contributed by atoms with Crippen molar-refractivity contribution < 1.29 is 9.59 Å². The summed E-state index contributed by atoms with van der Waals surface area (Å²) < 4.78 is 0. The molecule has 0 radical (unpaired) electrons. The number of fused-ring (bicyclic) bond motifs is 1. The van der Waals surface area contributed by atoms with Crippen LogP contribution in [0.25, 0.3) is 16.5 Å². The Bertz CT molecular complexity index is 586. The van der Waals surface area contributed by atoms with Gasteiger partial charge >= 0.3 is 0 Å². The van der Waals surface area contributed by atoms with E-state index in [1.807, 2.05) is 12.1 Å². The first-order valence-electron chi connectivity index (χ1n) is 5.40. The molecule has 6 nitrogen and oxygen atoms in total. The molecule has 0 aromatic heterocycles. The highest BCUT2D eigenvalue weighted by Gasteiger charge is 2.28. The molecule has 0 atom stereocenters. The second kappa shape index (κ2) is 5.16. The van der Waals surface area contributed by atoms with E-state index < -0.39 is 11.7 Å². The van der Waals surface area contributed by atoms with Crippen molar-refractivity contribution in [1.29, 1.82) is 0 Å². The first-order chi connectivity index (χ1) is 8.74. The summed E-state index contributed by atoms with van der Waals surface area (Å²) in [5.41, 5.74) is 9.84. The molecule has 0 fully saturated rings. The molecular weight excluding hydrogens is 232 g/mol. The maximum Gasteiger partial charge on any atom is 0.296 e. The van der Waals surface area contributed by atoms with Crippen molar-refractivity contribution >= 4 is 23.5 Å². The maximum atomic E-state index is 11.5. The van der Waals surface area contributed by atoms with Gasteiger partial charge in [0, 0.05) is 11.5 Å². The SMILES string of the molecule is [N-]=[N+]=NCCC=Cc1cccc2c1NC(=O)C2=O. The number of azide groups is 1. The number of ketones is 1. The fraction of sp³-hybridized carbons (Fsp3) is 0.167. The van der Waals surface area contributed by atoms with E-state index in [1.165, 1.54) is 0 Å². The maximum absolute atomic E-state index is 11.5. The molecule has 1 amide bonds. The smallest absolute Gasteiger partial charge is 0.296 e. The third-order valence-electron chi connectivity index (χ3n) is 2.54. The van der Waals surface area contributed by atoms with Gasteiger partial charge in [0.15, 0.2) is 0 Å². The standard InChI is InChI=1S/C12H10N4O2/c13-16-14-7-2-1-4-8-5-3-6-9-10(8)15-12(18)11(9)17/h1,3-6H,2,7H2,(H,15,17,18). The van der Waals surface area contributed by atoms with Crippen LogP contribution in [0.2, 0.25) is 0 Å². The molecule has 1 aromatic rings. The van der Waals surface area contributed by atoms with Crippen LogP contribution in [-0.2, 0) is 4.79 Å². The number of nitrogens with zero attached hydrogens (tertiary/aromatic N) is 3. The van der Waals surface area contributed by atoms with E-state index >= 15 is 0 Å². The summed E-state index contributed by atoms with van der Waals surface area (Å²) in [5.74, 6) is -1.10. The summed E-state index contributed by atoms with van der Waals surface area (Å²) in [6, 6.07) is 5.15. The highest BCUT2D eigenvalue weighted by molar-refractivity contribution is 6.52. The zero-order chi connectivity index (χ0) is 13.0. The minimum absolute atomic E-state index is 0.382. The lowest BCUT2D eigenvalue weighted by atomic mass is 10.1. The van der Waals surface area contributed by atoms with Crippen LogP contribution in [0.3, 0.4) is 0 Å². The molecule has 1 N–H and O–H groups in total. The van der Waals surface area contributed by atoms with Crippen molar-refractivity contribution in [2.45, 2.75) is 6.42 Å². The summed E-state index contributed by atoms with van der Waals surface area (Å²) in [5, 5.41) is 5.95. The van der Waals surface area contributed by atoms with Gasteiger partial charge in [-0.15, -0.1) is 0 Å². The van der Waals surface area contributed by atoms with Gasteiger partial charge in [0.25, 0.3) is 11.7 Å². The molecule has 0 saturated heterocycles. The number of carbonyl (C=O) groups excluding carboxylic acids is 2. The molecule has 0 aliphatic carbocycles. The highest BCUT2D eigenvalue weighted by Crippen LogP contribution is 2.28. The first-order valence-corrected chi connectivity index (χ1v) is 5.40. The van der Waals surface area contributed by atoms with E-state index in [-0.39, 0.29) is 0 Å². The Balaban J connectivity index is 2.19. The lowest BCUT2D eigenvalue weighted by Gasteiger charge is -2.01. The molecule has 0 saturated carbocycles. The Morgan fingerprint density at radius 1 is 1.39 bits per heavy atom. The quantitative estimate of drug-likeness (QED) is 0.288. The normalized spacial score (nSPS) is 13.3. The zero-order valence-electron chi connectivity index (χ0n) is 9.46. The Morgan fingerprint density at radius 2 is 2.22 bits per heavy atom. The molecule has 0 bridgehead atoms. The Morgan fingerprint density at radius 3 is 3.00 bits per heavy atom. The van der Waals surface area contributed by atoms with Gasteiger partial charge in [-0.1, -0.05) is 29.4 Å². The number of para-hydroxylation sites is 1. The van der Waals surface area contributed by atoms with Crippen molar-refractivity contribution in [3.63, 3.8) is 0 Å². The van der Waals surface area contributed by atoms with E-state index in [4.69, 9.17) is 5.53 Å². The van der Waals surface area contributed by atoms with Crippen LogP contribution in [0.4, 0.5) is 5.69 Å².